The van der Waals surface area contributed by atoms with Crippen molar-refractivity contribution < 1.29 is 84.0 Å². The Kier molecular flexibility index (Phi) is 20.5. The van der Waals surface area contributed by atoms with E-state index in [0.717, 1.165) is 0 Å². The summed E-state index contributed by atoms with van der Waals surface area (Å²) in [6.45, 7) is 5.57. The third kappa shape index (κ3) is 17.3. The van der Waals surface area contributed by atoms with Crippen molar-refractivity contribution in [1.82, 2.24) is 44.9 Å². The van der Waals surface area contributed by atoms with Crippen LogP contribution < -0.4 is 42.8 Å². The standard InChI is InChI=1S/C41H53N13O10.Gd/c1-2-51-13-15-52(17-18-54(25-35(60)61)20-19-53(16-14-51)24-34(58)59)23-32(55)45-28-7-9-29(10-8-28)47-39(63)31(11-12-33(56)57)48-38(62)26-3-5-27(6-4-26)43-21-30-22-44-37-36(46-30)40(64)50-41(42)49-37;/h3-10,22,31,43H,2,11-21,23-25H2,1H3,(H,45,55)(H,47,63)(H,48,62)(H,56,57)(H,58,59)(H,60,61)(H3,42,44,49,50,64);/q;+3/p-2. The van der Waals surface area contributed by atoms with E-state index in [4.69, 9.17) is 5.73 Å². The van der Waals surface area contributed by atoms with Crippen molar-refractivity contribution in [1.29, 1.82) is 0 Å². The first kappa shape index (κ1) is 51.9. The summed E-state index contributed by atoms with van der Waals surface area (Å²) in [5.41, 5.74) is 7.17. The van der Waals surface area contributed by atoms with Crippen LogP contribution in [0.2, 0.25) is 0 Å². The Morgan fingerprint density at radius 1 is 0.769 bits per heavy atom. The Balaban J connectivity index is 0.00000925. The fourth-order valence-electron chi connectivity index (χ4n) is 6.77. The molecule has 0 spiro atoms. The molecule has 1 aliphatic rings. The summed E-state index contributed by atoms with van der Waals surface area (Å²) >= 11 is 0. The van der Waals surface area contributed by atoms with Gasteiger partial charge in [-0.05, 0) is 61.5 Å². The van der Waals surface area contributed by atoms with Crippen molar-refractivity contribution in [2.24, 2.45) is 0 Å². The number of rotatable bonds is 18. The number of benzene rings is 2. The summed E-state index contributed by atoms with van der Waals surface area (Å²) in [5, 5.41) is 43.4. The van der Waals surface area contributed by atoms with E-state index >= 15 is 0 Å². The van der Waals surface area contributed by atoms with Crippen molar-refractivity contribution >= 4 is 69.8 Å². The van der Waals surface area contributed by atoms with Gasteiger partial charge in [-0.1, -0.05) is 6.92 Å². The second-order valence-corrected chi connectivity index (χ2v) is 15.0. The number of carboxylic acid groups (broad SMARTS) is 3. The predicted octanol–water partition coefficient (Wildman–Crippen LogP) is -2.81. The minimum atomic E-state index is -1.27. The number of nitrogen functional groups attached to an aromatic ring is 1. The summed E-state index contributed by atoms with van der Waals surface area (Å²) in [5.74, 6) is -5.32. The molecule has 347 valence electrons. The second-order valence-electron chi connectivity index (χ2n) is 15.0. The van der Waals surface area contributed by atoms with Gasteiger partial charge in [-0.2, -0.15) is 4.98 Å². The number of likely N-dealkylation sites (N-methyl/N-ethyl adjacent to an activating group) is 1. The Morgan fingerprint density at radius 3 is 1.83 bits per heavy atom. The molecule has 24 heteroatoms. The van der Waals surface area contributed by atoms with Crippen molar-refractivity contribution in [3.8, 4) is 0 Å². The summed E-state index contributed by atoms with van der Waals surface area (Å²) in [7, 11) is 0. The van der Waals surface area contributed by atoms with E-state index in [-0.39, 0.29) is 108 Å². The number of hydrogen-bond donors (Lipinski definition) is 7. The Morgan fingerprint density at radius 2 is 1.29 bits per heavy atom. The van der Waals surface area contributed by atoms with Crippen molar-refractivity contribution in [2.45, 2.75) is 32.4 Å². The van der Waals surface area contributed by atoms with Crippen molar-refractivity contribution in [3.05, 3.63) is 76.3 Å². The van der Waals surface area contributed by atoms with Gasteiger partial charge >= 0.3 is 45.9 Å². The van der Waals surface area contributed by atoms with Crippen LogP contribution in [0.3, 0.4) is 0 Å². The van der Waals surface area contributed by atoms with Crippen LogP contribution in [0.4, 0.5) is 23.0 Å². The average Bonchev–Trinajstić information content (AvgIpc) is 3.24. The number of nitrogens with two attached hydrogens (primary N) is 1. The smallest absolute Gasteiger partial charge is 0.549 e. The van der Waals surface area contributed by atoms with E-state index in [9.17, 15) is 48.9 Å². The molecule has 3 heterocycles. The fourth-order valence-corrected chi connectivity index (χ4v) is 6.77. The van der Waals surface area contributed by atoms with E-state index in [1.807, 2.05) is 11.8 Å². The number of carboxylic acids is 3. The Hall–Kier alpha value is -5.76. The summed E-state index contributed by atoms with van der Waals surface area (Å²) in [6, 6.07) is 11.3. The van der Waals surface area contributed by atoms with E-state index in [1.165, 1.54) is 18.3 Å². The van der Waals surface area contributed by atoms with Gasteiger partial charge in [-0.3, -0.25) is 43.7 Å². The molecule has 1 unspecified atom stereocenters. The number of hydrogen-bond acceptors (Lipinski definition) is 18. The Bertz CT molecular complexity index is 2340. The monoisotopic (exact) mass is 1040 g/mol. The number of anilines is 4. The van der Waals surface area contributed by atoms with Gasteiger partial charge in [0.25, 0.3) is 11.5 Å². The number of aromatic amines is 1. The van der Waals surface area contributed by atoms with Gasteiger partial charge in [0.2, 0.25) is 17.8 Å². The molecule has 1 aliphatic heterocycles. The van der Waals surface area contributed by atoms with Crippen LogP contribution in [0.15, 0.2) is 59.5 Å². The average molecular weight is 1040 g/mol. The molecule has 5 rings (SSSR count). The maximum absolute atomic E-state index is 13.4. The topological polar surface area (TPSA) is 327 Å². The quantitative estimate of drug-likeness (QED) is 0.0529. The van der Waals surface area contributed by atoms with Crippen LogP contribution >= 0.6 is 0 Å². The second kappa shape index (κ2) is 25.7. The molecule has 0 saturated carbocycles. The number of nitrogens with zero attached hydrogens (tertiary/aromatic N) is 7. The maximum Gasteiger partial charge on any atom is 3.00 e. The number of aromatic nitrogens is 4. The molecular weight excluding hydrogens is 992 g/mol. The first-order valence-corrected chi connectivity index (χ1v) is 20.5. The van der Waals surface area contributed by atoms with Crippen LogP contribution in [0.1, 0.15) is 35.8 Å². The molecule has 2 aromatic heterocycles. The number of H-pyrrole nitrogens is 1. The van der Waals surface area contributed by atoms with Gasteiger partial charge in [0.15, 0.2) is 11.2 Å². The number of nitrogens with one attached hydrogen (secondary N) is 5. The largest absolute Gasteiger partial charge is 3.00 e. The molecule has 23 nitrogen and oxygen atoms in total. The molecule has 1 radical (unpaired) electrons. The van der Waals surface area contributed by atoms with Crippen LogP contribution in [-0.2, 0) is 30.5 Å². The third-order valence-corrected chi connectivity index (χ3v) is 10.3. The zero-order valence-corrected chi connectivity index (χ0v) is 37.8. The summed E-state index contributed by atoms with van der Waals surface area (Å²) in [4.78, 5) is 108. The van der Waals surface area contributed by atoms with E-state index in [1.54, 1.807) is 46.2 Å². The van der Waals surface area contributed by atoms with Gasteiger partial charge < -0.3 is 56.8 Å². The first-order valence-electron chi connectivity index (χ1n) is 20.5. The fraction of sp³-hybridized carbons (Fsp3) is 0.415. The number of carbonyl (C=O) groups excluding carboxylic acids is 5. The van der Waals surface area contributed by atoms with Gasteiger partial charge in [0.1, 0.15) is 6.04 Å². The van der Waals surface area contributed by atoms with E-state index < -0.39 is 47.7 Å². The number of fused-ring (bicyclic) bond motifs is 1. The summed E-state index contributed by atoms with van der Waals surface area (Å²) in [6.07, 6.45) is 0.852. The van der Waals surface area contributed by atoms with Crippen molar-refractivity contribution in [2.75, 3.05) is 100 Å². The Labute approximate surface area is 405 Å². The zero-order chi connectivity index (χ0) is 46.2. The SMILES string of the molecule is CCN1CCN(CC(=O)[O-])CCN(CC(=O)[O-])CCN(CC(=O)Nc2ccc(NC(=O)C(CCC(=O)O)NC(=O)c3ccc(NCc4cnc5nc(N)[nH]c(=O)c5n4)cc3)cc2)CC1.[Gd+3]. The third-order valence-electron chi connectivity index (χ3n) is 10.3. The molecule has 2 aromatic carbocycles. The normalized spacial score (nSPS) is 15.0. The molecular formula is C41H51GdN13O10+. The molecule has 8 N–H and O–H groups in total. The molecule has 4 aromatic rings. The molecule has 3 amide bonds. The molecule has 1 saturated heterocycles. The zero-order valence-electron chi connectivity index (χ0n) is 35.6. The molecule has 0 bridgehead atoms. The summed E-state index contributed by atoms with van der Waals surface area (Å²) < 4.78 is 0. The minimum absolute atomic E-state index is 0. The molecule has 0 aliphatic carbocycles. The first-order chi connectivity index (χ1) is 30.6. The number of amides is 3. The molecule has 1 atom stereocenters. The maximum atomic E-state index is 13.4. The van der Waals surface area contributed by atoms with E-state index in [0.29, 0.717) is 75.1 Å². The van der Waals surface area contributed by atoms with Crippen LogP contribution in [0.5, 0.6) is 0 Å². The van der Waals surface area contributed by atoms with Gasteiger partial charge in [-0.15, -0.1) is 0 Å². The predicted molar refractivity (Wildman–Crippen MR) is 229 cm³/mol. The number of aliphatic carboxylic acids is 3. The van der Waals surface area contributed by atoms with Crippen molar-refractivity contribution in [3.63, 3.8) is 0 Å². The van der Waals surface area contributed by atoms with E-state index in [2.05, 4.69) is 46.1 Å². The number of carbonyl (C=O) groups is 6. The van der Waals surface area contributed by atoms with Crippen LogP contribution in [0.25, 0.3) is 11.2 Å². The molecule has 65 heavy (non-hydrogen) atoms. The van der Waals surface area contributed by atoms with Gasteiger partial charge in [0, 0.05) is 94.5 Å². The minimum Gasteiger partial charge on any atom is -0.549 e. The molecule has 1 fully saturated rings. The van der Waals surface area contributed by atoms with Gasteiger partial charge in [0.05, 0.1) is 36.9 Å². The van der Waals surface area contributed by atoms with Gasteiger partial charge in [-0.25, -0.2) is 9.97 Å². The van der Waals surface area contributed by atoms with Crippen LogP contribution in [-0.4, -0.2) is 165 Å². The van der Waals surface area contributed by atoms with Crippen LogP contribution in [0, 0.1) is 39.9 Å².